The fourth-order valence-corrected chi connectivity index (χ4v) is 1.79. The number of hydrogen-bond acceptors (Lipinski definition) is 2. The largest absolute Gasteiger partial charge is 0.496 e. The fraction of sp³-hybridized carbons (Fsp3) is 0.562. The summed E-state index contributed by atoms with van der Waals surface area (Å²) in [6, 6.07) is 6.20. The van der Waals surface area contributed by atoms with Crippen molar-refractivity contribution in [2.45, 2.75) is 34.2 Å². The number of methoxy groups -OCH3 is 1. The summed E-state index contributed by atoms with van der Waals surface area (Å²) in [6.07, 6.45) is 0. The van der Waals surface area contributed by atoms with Crippen molar-refractivity contribution >= 4 is 5.96 Å². The van der Waals surface area contributed by atoms with E-state index in [1.165, 1.54) is 5.56 Å². The van der Waals surface area contributed by atoms with Gasteiger partial charge in [0, 0.05) is 18.7 Å². The summed E-state index contributed by atoms with van der Waals surface area (Å²) in [7, 11) is 1.70. The maximum atomic E-state index is 5.41. The average molecular weight is 277 g/mol. The predicted molar refractivity (Wildman–Crippen MR) is 85.4 cm³/mol. The van der Waals surface area contributed by atoms with Crippen molar-refractivity contribution in [1.29, 1.82) is 0 Å². The van der Waals surface area contributed by atoms with Crippen LogP contribution in [0.4, 0.5) is 0 Å². The molecular weight excluding hydrogens is 250 g/mol. The second-order valence-corrected chi connectivity index (χ2v) is 5.29. The van der Waals surface area contributed by atoms with Gasteiger partial charge in [0.25, 0.3) is 0 Å². The van der Waals surface area contributed by atoms with E-state index in [9.17, 15) is 0 Å². The molecule has 4 nitrogen and oxygen atoms in total. The molecule has 0 atom stereocenters. The van der Waals surface area contributed by atoms with Gasteiger partial charge in [-0.25, -0.2) is 4.99 Å². The number of nitrogens with one attached hydrogen (secondary N) is 2. The van der Waals surface area contributed by atoms with E-state index in [4.69, 9.17) is 4.74 Å². The highest BCUT2D eigenvalue weighted by Crippen LogP contribution is 2.20. The van der Waals surface area contributed by atoms with Crippen LogP contribution >= 0.6 is 0 Å². The van der Waals surface area contributed by atoms with E-state index < -0.39 is 0 Å². The molecule has 0 bridgehead atoms. The Labute approximate surface area is 122 Å². The lowest BCUT2D eigenvalue weighted by Crippen LogP contribution is -2.39. The van der Waals surface area contributed by atoms with Crippen molar-refractivity contribution in [3.8, 4) is 5.75 Å². The van der Waals surface area contributed by atoms with Crippen molar-refractivity contribution in [2.75, 3.05) is 20.2 Å². The predicted octanol–water partition coefficient (Wildman–Crippen LogP) is 2.71. The molecule has 0 saturated heterocycles. The monoisotopic (exact) mass is 277 g/mol. The van der Waals surface area contributed by atoms with Gasteiger partial charge in [-0.15, -0.1) is 0 Å². The van der Waals surface area contributed by atoms with Crippen LogP contribution in [0.1, 0.15) is 31.9 Å². The quantitative estimate of drug-likeness (QED) is 0.621. The minimum absolute atomic E-state index is 0.591. The van der Waals surface area contributed by atoms with Gasteiger partial charge in [0.1, 0.15) is 5.75 Å². The van der Waals surface area contributed by atoms with Crippen molar-refractivity contribution < 1.29 is 4.74 Å². The fourth-order valence-electron chi connectivity index (χ4n) is 1.79. The number of ether oxygens (including phenoxy) is 1. The van der Waals surface area contributed by atoms with Crippen LogP contribution in [0, 0.1) is 12.8 Å². The molecule has 1 aromatic rings. The molecule has 1 aromatic carbocycles. The van der Waals surface area contributed by atoms with Gasteiger partial charge in [-0.1, -0.05) is 26.0 Å². The Hall–Kier alpha value is -1.71. The van der Waals surface area contributed by atoms with Crippen LogP contribution in [0.2, 0.25) is 0 Å². The zero-order valence-corrected chi connectivity index (χ0v) is 13.3. The Bertz CT molecular complexity index is 441. The maximum absolute atomic E-state index is 5.41. The molecule has 0 aliphatic heterocycles. The highest BCUT2D eigenvalue weighted by atomic mass is 16.5. The molecule has 0 saturated carbocycles. The lowest BCUT2D eigenvalue weighted by Gasteiger charge is -2.13. The minimum Gasteiger partial charge on any atom is -0.496 e. The molecule has 0 radical (unpaired) electrons. The van der Waals surface area contributed by atoms with Gasteiger partial charge in [-0.2, -0.15) is 0 Å². The first-order chi connectivity index (χ1) is 9.56. The summed E-state index contributed by atoms with van der Waals surface area (Å²) in [5.74, 6) is 2.34. The molecule has 2 N–H and O–H groups in total. The van der Waals surface area contributed by atoms with Gasteiger partial charge in [0.15, 0.2) is 5.96 Å². The Balaban J connectivity index is 2.75. The normalized spacial score (nSPS) is 11.6. The van der Waals surface area contributed by atoms with Crippen molar-refractivity contribution in [3.63, 3.8) is 0 Å². The van der Waals surface area contributed by atoms with Crippen molar-refractivity contribution in [3.05, 3.63) is 29.3 Å². The minimum atomic E-state index is 0.591. The molecule has 0 aliphatic carbocycles. The van der Waals surface area contributed by atoms with Crippen LogP contribution in [0.3, 0.4) is 0 Å². The SMILES string of the molecule is CCNC(=NCc1ccc(C)cc1OC)NCC(C)C. The number of nitrogens with zero attached hydrogens (tertiary/aromatic N) is 1. The van der Waals surface area contributed by atoms with E-state index >= 15 is 0 Å². The topological polar surface area (TPSA) is 45.7 Å². The number of aliphatic imine (C=N–C) groups is 1. The van der Waals surface area contributed by atoms with Crippen LogP contribution in [-0.2, 0) is 6.54 Å². The summed E-state index contributed by atoms with van der Waals surface area (Å²) in [5, 5.41) is 6.59. The van der Waals surface area contributed by atoms with E-state index in [2.05, 4.69) is 55.5 Å². The molecular formula is C16H27N3O. The summed E-state index contributed by atoms with van der Waals surface area (Å²) in [6.45, 7) is 10.9. The zero-order valence-electron chi connectivity index (χ0n) is 13.3. The zero-order chi connectivity index (χ0) is 15.0. The number of guanidine groups is 1. The highest BCUT2D eigenvalue weighted by molar-refractivity contribution is 5.79. The number of aryl methyl sites for hydroxylation is 1. The second-order valence-electron chi connectivity index (χ2n) is 5.29. The molecule has 1 rings (SSSR count). The maximum Gasteiger partial charge on any atom is 0.191 e. The van der Waals surface area contributed by atoms with E-state index in [1.54, 1.807) is 7.11 Å². The first kappa shape index (κ1) is 16.3. The molecule has 0 spiro atoms. The van der Waals surface area contributed by atoms with E-state index in [0.29, 0.717) is 12.5 Å². The molecule has 0 aliphatic rings. The molecule has 0 aromatic heterocycles. The Kier molecular flexibility index (Phi) is 6.91. The van der Waals surface area contributed by atoms with Crippen LogP contribution in [0.25, 0.3) is 0 Å². The van der Waals surface area contributed by atoms with Crippen molar-refractivity contribution in [2.24, 2.45) is 10.9 Å². The number of rotatable bonds is 6. The third-order valence-corrected chi connectivity index (χ3v) is 2.87. The lowest BCUT2D eigenvalue weighted by atomic mass is 10.1. The molecule has 4 heteroatoms. The second kappa shape index (κ2) is 8.46. The first-order valence-corrected chi connectivity index (χ1v) is 7.22. The van der Waals surface area contributed by atoms with E-state index in [0.717, 1.165) is 30.4 Å². The Morgan fingerprint density at radius 3 is 2.65 bits per heavy atom. The molecule has 112 valence electrons. The summed E-state index contributed by atoms with van der Waals surface area (Å²) in [5.41, 5.74) is 2.29. The van der Waals surface area contributed by atoms with Crippen LogP contribution in [0.15, 0.2) is 23.2 Å². The smallest absolute Gasteiger partial charge is 0.191 e. The molecule has 0 amide bonds. The van der Waals surface area contributed by atoms with E-state index in [1.807, 2.05) is 6.07 Å². The number of benzene rings is 1. The number of hydrogen-bond donors (Lipinski definition) is 2. The van der Waals surface area contributed by atoms with Gasteiger partial charge in [0.2, 0.25) is 0 Å². The average Bonchev–Trinajstić information content (AvgIpc) is 2.42. The summed E-state index contributed by atoms with van der Waals surface area (Å²) >= 11 is 0. The van der Waals surface area contributed by atoms with E-state index in [-0.39, 0.29) is 0 Å². The lowest BCUT2D eigenvalue weighted by molar-refractivity contribution is 0.409. The first-order valence-electron chi connectivity index (χ1n) is 7.22. The summed E-state index contributed by atoms with van der Waals surface area (Å²) in [4.78, 5) is 4.61. The Morgan fingerprint density at radius 1 is 1.30 bits per heavy atom. The van der Waals surface area contributed by atoms with Crippen LogP contribution < -0.4 is 15.4 Å². The van der Waals surface area contributed by atoms with Crippen LogP contribution in [0.5, 0.6) is 5.75 Å². The van der Waals surface area contributed by atoms with Gasteiger partial charge in [-0.3, -0.25) is 0 Å². The molecule has 0 unspecified atom stereocenters. The molecule has 20 heavy (non-hydrogen) atoms. The molecule has 0 fully saturated rings. The molecule has 0 heterocycles. The van der Waals surface area contributed by atoms with Crippen LogP contribution in [-0.4, -0.2) is 26.2 Å². The van der Waals surface area contributed by atoms with Gasteiger partial charge >= 0.3 is 0 Å². The van der Waals surface area contributed by atoms with Crippen molar-refractivity contribution in [1.82, 2.24) is 10.6 Å². The van der Waals surface area contributed by atoms with Gasteiger partial charge < -0.3 is 15.4 Å². The third-order valence-electron chi connectivity index (χ3n) is 2.87. The van der Waals surface area contributed by atoms with Gasteiger partial charge in [-0.05, 0) is 31.4 Å². The third kappa shape index (κ3) is 5.51. The highest BCUT2D eigenvalue weighted by Gasteiger charge is 2.04. The van der Waals surface area contributed by atoms with Gasteiger partial charge in [0.05, 0.1) is 13.7 Å². The standard InChI is InChI=1S/C16H27N3O/c1-6-17-16(18-10-12(2)3)19-11-14-8-7-13(4)9-15(14)20-5/h7-9,12H,6,10-11H2,1-5H3,(H2,17,18,19). The summed E-state index contributed by atoms with van der Waals surface area (Å²) < 4.78 is 5.41. The Morgan fingerprint density at radius 2 is 2.05 bits per heavy atom.